The fourth-order valence-corrected chi connectivity index (χ4v) is 1.71. The Bertz CT molecular complexity index is 579. The molecule has 0 unspecified atom stereocenters. The number of esters is 1. The van der Waals surface area contributed by atoms with Gasteiger partial charge in [0, 0.05) is 11.3 Å². The van der Waals surface area contributed by atoms with E-state index in [9.17, 15) is 4.79 Å². The first kappa shape index (κ1) is 12.5. The zero-order valence-electron chi connectivity index (χ0n) is 10.8. The monoisotopic (exact) mass is 244 g/mol. The zero-order valence-corrected chi connectivity index (χ0v) is 10.8. The summed E-state index contributed by atoms with van der Waals surface area (Å²) in [5, 5.41) is 0.736. The molecule has 0 spiro atoms. The summed E-state index contributed by atoms with van der Waals surface area (Å²) in [5.74, 6) is 0.442. The molecule has 1 aromatic carbocycles. The quantitative estimate of drug-likeness (QED) is 0.779. The molecule has 0 N–H and O–H groups in total. The smallest absolute Gasteiger partial charge is 0.357 e. The highest BCUT2D eigenvalue weighted by atomic mass is 16.5. The van der Waals surface area contributed by atoms with Gasteiger partial charge in [0.25, 0.3) is 0 Å². The summed E-state index contributed by atoms with van der Waals surface area (Å²) in [6, 6.07) is 7.48. The molecule has 0 amide bonds. The van der Waals surface area contributed by atoms with Gasteiger partial charge in [0.1, 0.15) is 5.82 Å². The van der Waals surface area contributed by atoms with Crippen molar-refractivity contribution in [3.8, 4) is 0 Å². The predicted octanol–water partition coefficient (Wildman–Crippen LogP) is 2.93. The van der Waals surface area contributed by atoms with Crippen LogP contribution < -0.4 is 0 Å². The van der Waals surface area contributed by atoms with Crippen LogP contribution in [0.3, 0.4) is 0 Å². The Morgan fingerprint density at radius 2 is 2.00 bits per heavy atom. The topological polar surface area (TPSA) is 52.1 Å². The van der Waals surface area contributed by atoms with Gasteiger partial charge in [-0.05, 0) is 13.0 Å². The molecular formula is C14H16N2O2. The van der Waals surface area contributed by atoms with Gasteiger partial charge < -0.3 is 4.74 Å². The molecule has 0 bridgehead atoms. The van der Waals surface area contributed by atoms with Gasteiger partial charge >= 0.3 is 5.97 Å². The average molecular weight is 244 g/mol. The molecule has 1 heterocycles. The van der Waals surface area contributed by atoms with Crippen molar-refractivity contribution in [2.24, 2.45) is 0 Å². The number of benzene rings is 1. The molecule has 2 rings (SSSR count). The molecule has 4 nitrogen and oxygen atoms in total. The van der Waals surface area contributed by atoms with Crippen molar-refractivity contribution in [1.82, 2.24) is 9.97 Å². The molecule has 0 aliphatic rings. The van der Waals surface area contributed by atoms with Crippen molar-refractivity contribution in [2.45, 2.75) is 26.7 Å². The van der Waals surface area contributed by atoms with Crippen molar-refractivity contribution < 1.29 is 9.53 Å². The van der Waals surface area contributed by atoms with Gasteiger partial charge in [-0.3, -0.25) is 0 Å². The zero-order chi connectivity index (χ0) is 13.1. The van der Waals surface area contributed by atoms with E-state index in [1.54, 1.807) is 6.92 Å². The van der Waals surface area contributed by atoms with Gasteiger partial charge in [-0.25, -0.2) is 14.8 Å². The molecule has 0 saturated heterocycles. The maximum absolute atomic E-state index is 11.9. The van der Waals surface area contributed by atoms with Crippen LogP contribution in [-0.2, 0) is 4.74 Å². The number of carbonyl (C=O) groups excluding carboxylic acids is 1. The van der Waals surface area contributed by atoms with Gasteiger partial charge in [-0.15, -0.1) is 0 Å². The summed E-state index contributed by atoms with van der Waals surface area (Å²) < 4.78 is 5.04. The highest BCUT2D eigenvalue weighted by Crippen LogP contribution is 2.19. The first-order valence-corrected chi connectivity index (χ1v) is 6.07. The van der Waals surface area contributed by atoms with E-state index in [1.807, 2.05) is 38.1 Å². The first-order chi connectivity index (χ1) is 8.63. The third-order valence-electron chi connectivity index (χ3n) is 2.61. The van der Waals surface area contributed by atoms with Crippen LogP contribution >= 0.6 is 0 Å². The van der Waals surface area contributed by atoms with Crippen LogP contribution in [0.25, 0.3) is 10.9 Å². The van der Waals surface area contributed by atoms with Crippen LogP contribution in [0.5, 0.6) is 0 Å². The predicted molar refractivity (Wildman–Crippen MR) is 69.6 cm³/mol. The molecule has 0 aliphatic carbocycles. The largest absolute Gasteiger partial charge is 0.461 e. The Morgan fingerprint density at radius 1 is 1.28 bits per heavy atom. The normalized spacial score (nSPS) is 10.9. The molecule has 0 aliphatic heterocycles. The van der Waals surface area contributed by atoms with Crippen LogP contribution in [0.2, 0.25) is 0 Å². The number of aromatic nitrogens is 2. The van der Waals surface area contributed by atoms with Crippen molar-refractivity contribution in [3.63, 3.8) is 0 Å². The minimum Gasteiger partial charge on any atom is -0.461 e. The number of fused-ring (bicyclic) bond motifs is 1. The number of nitrogens with zero attached hydrogens (tertiary/aromatic N) is 2. The van der Waals surface area contributed by atoms with E-state index in [2.05, 4.69) is 9.97 Å². The average Bonchev–Trinajstić information content (AvgIpc) is 2.37. The first-order valence-electron chi connectivity index (χ1n) is 6.07. The third kappa shape index (κ3) is 2.32. The highest BCUT2D eigenvalue weighted by molar-refractivity contribution is 6.01. The summed E-state index contributed by atoms with van der Waals surface area (Å²) in [6.07, 6.45) is 0. The fraction of sp³-hybridized carbons (Fsp3) is 0.357. The number of hydrogen-bond donors (Lipinski definition) is 0. The standard InChI is InChI=1S/C14H16N2O2/c1-4-18-14(17)12-10-7-5-6-8-11(10)15-13(16-12)9(2)3/h5-9H,4H2,1-3H3. The van der Waals surface area contributed by atoms with E-state index in [4.69, 9.17) is 4.74 Å². The van der Waals surface area contributed by atoms with Gasteiger partial charge in [0.15, 0.2) is 5.69 Å². The molecule has 18 heavy (non-hydrogen) atoms. The van der Waals surface area contributed by atoms with E-state index < -0.39 is 5.97 Å². The number of carbonyl (C=O) groups is 1. The van der Waals surface area contributed by atoms with Gasteiger partial charge in [0.05, 0.1) is 12.1 Å². The number of ether oxygens (including phenoxy) is 1. The summed E-state index contributed by atoms with van der Waals surface area (Å²) >= 11 is 0. The van der Waals surface area contributed by atoms with Crippen LogP contribution in [-0.4, -0.2) is 22.5 Å². The Hall–Kier alpha value is -1.97. The van der Waals surface area contributed by atoms with Gasteiger partial charge in [0.2, 0.25) is 0 Å². The maximum atomic E-state index is 11.9. The van der Waals surface area contributed by atoms with Crippen LogP contribution in [0.15, 0.2) is 24.3 Å². The summed E-state index contributed by atoms with van der Waals surface area (Å²) in [4.78, 5) is 20.7. The minimum atomic E-state index is -0.391. The summed E-state index contributed by atoms with van der Waals surface area (Å²) in [7, 11) is 0. The summed E-state index contributed by atoms with van der Waals surface area (Å²) in [6.45, 7) is 6.12. The lowest BCUT2D eigenvalue weighted by Gasteiger charge is -2.09. The SMILES string of the molecule is CCOC(=O)c1nc(C(C)C)nc2ccccc12. The van der Waals surface area contributed by atoms with E-state index in [0.29, 0.717) is 18.1 Å². The Labute approximate surface area is 106 Å². The Morgan fingerprint density at radius 3 is 2.67 bits per heavy atom. The van der Waals surface area contributed by atoms with E-state index in [1.165, 1.54) is 0 Å². The Balaban J connectivity index is 2.64. The lowest BCUT2D eigenvalue weighted by molar-refractivity contribution is 0.0521. The number of rotatable bonds is 3. The van der Waals surface area contributed by atoms with Crippen molar-refractivity contribution in [3.05, 3.63) is 35.8 Å². The molecule has 94 valence electrons. The van der Waals surface area contributed by atoms with Crippen LogP contribution in [0.4, 0.5) is 0 Å². The Kier molecular flexibility index (Phi) is 3.55. The van der Waals surface area contributed by atoms with E-state index in [0.717, 1.165) is 10.9 Å². The number of hydrogen-bond acceptors (Lipinski definition) is 4. The molecule has 1 aromatic heterocycles. The van der Waals surface area contributed by atoms with Gasteiger partial charge in [-0.2, -0.15) is 0 Å². The summed E-state index contributed by atoms with van der Waals surface area (Å²) in [5.41, 5.74) is 1.13. The molecule has 0 atom stereocenters. The lowest BCUT2D eigenvalue weighted by Crippen LogP contribution is -2.11. The second-order valence-electron chi connectivity index (χ2n) is 4.32. The van der Waals surface area contributed by atoms with E-state index >= 15 is 0 Å². The highest BCUT2D eigenvalue weighted by Gasteiger charge is 2.16. The molecule has 2 aromatic rings. The second kappa shape index (κ2) is 5.12. The second-order valence-corrected chi connectivity index (χ2v) is 4.32. The number of para-hydroxylation sites is 1. The molecule has 0 saturated carbocycles. The minimum absolute atomic E-state index is 0.169. The van der Waals surface area contributed by atoms with Crippen molar-refractivity contribution in [1.29, 1.82) is 0 Å². The van der Waals surface area contributed by atoms with Gasteiger partial charge in [-0.1, -0.05) is 32.0 Å². The fourth-order valence-electron chi connectivity index (χ4n) is 1.71. The van der Waals surface area contributed by atoms with Crippen LogP contribution in [0.1, 0.15) is 43.0 Å². The molecule has 0 radical (unpaired) electrons. The van der Waals surface area contributed by atoms with Crippen molar-refractivity contribution in [2.75, 3.05) is 6.61 Å². The third-order valence-corrected chi connectivity index (χ3v) is 2.61. The van der Waals surface area contributed by atoms with Crippen LogP contribution in [0, 0.1) is 0 Å². The van der Waals surface area contributed by atoms with Crippen molar-refractivity contribution >= 4 is 16.9 Å². The molecule has 4 heteroatoms. The lowest BCUT2D eigenvalue weighted by atomic mass is 10.1. The molecule has 0 fully saturated rings. The maximum Gasteiger partial charge on any atom is 0.357 e. The molecular weight excluding hydrogens is 228 g/mol. The van der Waals surface area contributed by atoms with E-state index in [-0.39, 0.29) is 5.92 Å².